The smallest absolute Gasteiger partial charge is 0.373 e. The number of piperidine rings is 1. The lowest BCUT2D eigenvalue weighted by molar-refractivity contribution is -0.233. The van der Waals surface area contributed by atoms with Gasteiger partial charge in [-0.3, -0.25) is 9.69 Å². The number of carbonyl (C=O) groups is 1. The monoisotopic (exact) mass is 302 g/mol. The Labute approximate surface area is 112 Å². The first-order valence-corrected chi connectivity index (χ1v) is 6.16. The van der Waals surface area contributed by atoms with Crippen molar-refractivity contribution in [2.75, 3.05) is 26.3 Å². The Morgan fingerprint density at radius 1 is 1.25 bits per heavy atom. The first-order valence-electron chi connectivity index (χ1n) is 6.16. The van der Waals surface area contributed by atoms with Crippen LogP contribution in [0.2, 0.25) is 0 Å². The quantitative estimate of drug-likeness (QED) is 0.779. The summed E-state index contributed by atoms with van der Waals surface area (Å²) in [6.07, 6.45) is -5.96. The van der Waals surface area contributed by atoms with Crippen LogP contribution < -0.4 is 5.73 Å². The van der Waals surface area contributed by atoms with Crippen LogP contribution in [0.4, 0.5) is 22.0 Å². The predicted octanol–water partition coefficient (Wildman–Crippen LogP) is 1.15. The Kier molecular flexibility index (Phi) is 3.70. The second kappa shape index (κ2) is 4.80. The van der Waals surface area contributed by atoms with Crippen LogP contribution in [-0.2, 0) is 9.53 Å². The molecule has 0 spiro atoms. The highest BCUT2D eigenvalue weighted by atomic mass is 19.4. The van der Waals surface area contributed by atoms with Gasteiger partial charge in [-0.15, -0.1) is 0 Å². The van der Waals surface area contributed by atoms with Crippen LogP contribution in [-0.4, -0.2) is 55.3 Å². The number of hydrogen-bond acceptors (Lipinski definition) is 3. The van der Waals surface area contributed by atoms with Crippen LogP contribution >= 0.6 is 0 Å². The molecular formula is C11H15F5N2O2. The maximum Gasteiger partial charge on any atom is 0.403 e. The molecule has 0 aromatic heterocycles. The lowest BCUT2D eigenvalue weighted by atomic mass is 9.76. The molecule has 0 bridgehead atoms. The number of hydrogen-bond donors (Lipinski definition) is 1. The van der Waals surface area contributed by atoms with E-state index in [-0.39, 0.29) is 19.7 Å². The summed E-state index contributed by atoms with van der Waals surface area (Å²) in [7, 11) is 0. The van der Waals surface area contributed by atoms with Gasteiger partial charge in [-0.1, -0.05) is 0 Å². The molecule has 2 N–H and O–H groups in total. The molecule has 9 heteroatoms. The molecule has 2 aliphatic heterocycles. The molecule has 1 amide bonds. The number of rotatable bonds is 2. The van der Waals surface area contributed by atoms with Gasteiger partial charge in [-0.2, -0.15) is 13.2 Å². The average molecular weight is 302 g/mol. The number of alkyl halides is 5. The molecular weight excluding hydrogens is 287 g/mol. The predicted molar refractivity (Wildman–Crippen MR) is 58.0 cm³/mol. The molecule has 116 valence electrons. The zero-order valence-corrected chi connectivity index (χ0v) is 10.6. The zero-order chi connectivity index (χ0) is 15.2. The molecule has 0 aliphatic carbocycles. The first-order chi connectivity index (χ1) is 9.10. The number of primary amides is 1. The van der Waals surface area contributed by atoms with Gasteiger partial charge in [0, 0.05) is 13.1 Å². The Bertz CT molecular complexity index is 391. The van der Waals surface area contributed by atoms with Gasteiger partial charge in [0.15, 0.2) is 0 Å². The highest BCUT2D eigenvalue weighted by Gasteiger charge is 2.61. The minimum absolute atomic E-state index is 0.220. The van der Waals surface area contributed by atoms with Gasteiger partial charge < -0.3 is 10.5 Å². The number of nitrogens with two attached hydrogens (primary N) is 1. The second-order valence-electron chi connectivity index (χ2n) is 5.27. The topological polar surface area (TPSA) is 55.6 Å². The number of likely N-dealkylation sites (tertiary alicyclic amines) is 1. The summed E-state index contributed by atoms with van der Waals surface area (Å²) in [5, 5.41) is 0. The van der Waals surface area contributed by atoms with E-state index in [0.29, 0.717) is 0 Å². The van der Waals surface area contributed by atoms with E-state index in [1.54, 1.807) is 0 Å². The minimum Gasteiger partial charge on any atom is -0.373 e. The maximum atomic E-state index is 13.5. The standard InChI is InChI=1S/C11H15F5N2O2/c12-10(13)6-20-5-7(10)18-3-1-9(2-4-18,8(17)19)11(14,15)16/h7H,1-6H2,(H2,17,19). The van der Waals surface area contributed by atoms with Gasteiger partial charge in [0.05, 0.1) is 12.6 Å². The van der Waals surface area contributed by atoms with E-state index in [4.69, 9.17) is 5.73 Å². The number of amides is 1. The van der Waals surface area contributed by atoms with E-state index in [9.17, 15) is 26.7 Å². The van der Waals surface area contributed by atoms with Gasteiger partial charge in [0.1, 0.15) is 12.0 Å². The van der Waals surface area contributed by atoms with Crippen molar-refractivity contribution in [3.05, 3.63) is 0 Å². The van der Waals surface area contributed by atoms with E-state index in [2.05, 4.69) is 4.74 Å². The third-order valence-corrected chi connectivity index (χ3v) is 4.16. The largest absolute Gasteiger partial charge is 0.403 e. The summed E-state index contributed by atoms with van der Waals surface area (Å²) < 4.78 is 70.7. The van der Waals surface area contributed by atoms with Crippen molar-refractivity contribution in [1.82, 2.24) is 4.90 Å². The Morgan fingerprint density at radius 2 is 1.80 bits per heavy atom. The molecule has 1 unspecified atom stereocenters. The highest BCUT2D eigenvalue weighted by molar-refractivity contribution is 5.82. The van der Waals surface area contributed by atoms with Gasteiger partial charge >= 0.3 is 6.18 Å². The summed E-state index contributed by atoms with van der Waals surface area (Å²) in [6, 6.07) is -1.23. The van der Waals surface area contributed by atoms with Gasteiger partial charge in [-0.25, -0.2) is 8.78 Å². The summed E-state index contributed by atoms with van der Waals surface area (Å²) >= 11 is 0. The van der Waals surface area contributed by atoms with E-state index in [1.807, 2.05) is 0 Å². The van der Waals surface area contributed by atoms with Gasteiger partial charge in [0.2, 0.25) is 5.91 Å². The number of nitrogens with zero attached hydrogens (tertiary/aromatic N) is 1. The summed E-state index contributed by atoms with van der Waals surface area (Å²) in [5.41, 5.74) is 2.28. The summed E-state index contributed by atoms with van der Waals surface area (Å²) in [4.78, 5) is 12.4. The van der Waals surface area contributed by atoms with Crippen molar-refractivity contribution in [3.63, 3.8) is 0 Å². The molecule has 0 radical (unpaired) electrons. The van der Waals surface area contributed by atoms with Crippen LogP contribution in [0.15, 0.2) is 0 Å². The molecule has 2 rings (SSSR count). The molecule has 1 atom stereocenters. The van der Waals surface area contributed by atoms with Crippen molar-refractivity contribution in [2.45, 2.75) is 31.0 Å². The van der Waals surface area contributed by atoms with E-state index < -0.39 is 48.9 Å². The SMILES string of the molecule is NC(=O)C1(C(F)(F)F)CCN(C2COCC2(F)F)CC1. The number of ether oxygens (including phenoxy) is 1. The molecule has 0 aromatic rings. The lowest BCUT2D eigenvalue weighted by Crippen LogP contribution is -2.58. The maximum absolute atomic E-state index is 13.5. The molecule has 2 fully saturated rings. The van der Waals surface area contributed by atoms with Crippen molar-refractivity contribution < 1.29 is 31.5 Å². The molecule has 2 saturated heterocycles. The zero-order valence-electron chi connectivity index (χ0n) is 10.6. The van der Waals surface area contributed by atoms with Gasteiger partial charge in [0.25, 0.3) is 5.92 Å². The van der Waals surface area contributed by atoms with Crippen molar-refractivity contribution in [1.29, 1.82) is 0 Å². The lowest BCUT2D eigenvalue weighted by Gasteiger charge is -2.43. The summed E-state index contributed by atoms with van der Waals surface area (Å²) in [5.74, 6) is -4.52. The molecule has 2 aliphatic rings. The normalized spacial score (nSPS) is 30.4. The highest BCUT2D eigenvalue weighted by Crippen LogP contribution is 2.47. The van der Waals surface area contributed by atoms with Gasteiger partial charge in [-0.05, 0) is 12.8 Å². The second-order valence-corrected chi connectivity index (χ2v) is 5.27. The van der Waals surface area contributed by atoms with Crippen LogP contribution in [0, 0.1) is 5.41 Å². The average Bonchev–Trinajstić information content (AvgIpc) is 2.67. The Hall–Kier alpha value is -0.960. The summed E-state index contributed by atoms with van der Waals surface area (Å²) in [6.45, 7) is -1.46. The van der Waals surface area contributed by atoms with E-state index in [1.165, 1.54) is 4.90 Å². The molecule has 2 heterocycles. The third-order valence-electron chi connectivity index (χ3n) is 4.16. The van der Waals surface area contributed by atoms with E-state index >= 15 is 0 Å². The number of carbonyl (C=O) groups excluding carboxylic acids is 1. The van der Waals surface area contributed by atoms with Crippen LogP contribution in [0.3, 0.4) is 0 Å². The number of halogens is 5. The van der Waals surface area contributed by atoms with Crippen LogP contribution in [0.5, 0.6) is 0 Å². The van der Waals surface area contributed by atoms with Crippen molar-refractivity contribution in [3.8, 4) is 0 Å². The Morgan fingerprint density at radius 3 is 2.15 bits per heavy atom. The molecule has 0 saturated carbocycles. The third kappa shape index (κ3) is 2.37. The fraction of sp³-hybridized carbons (Fsp3) is 0.909. The molecule has 20 heavy (non-hydrogen) atoms. The molecule has 4 nitrogen and oxygen atoms in total. The minimum atomic E-state index is -4.76. The van der Waals surface area contributed by atoms with Crippen LogP contribution in [0.1, 0.15) is 12.8 Å². The fourth-order valence-corrected chi connectivity index (χ4v) is 2.78. The van der Waals surface area contributed by atoms with Crippen molar-refractivity contribution >= 4 is 5.91 Å². The Balaban J connectivity index is 2.10. The molecule has 0 aromatic carbocycles. The van der Waals surface area contributed by atoms with Crippen LogP contribution in [0.25, 0.3) is 0 Å². The fourth-order valence-electron chi connectivity index (χ4n) is 2.78. The first kappa shape index (κ1) is 15.4. The van der Waals surface area contributed by atoms with Crippen molar-refractivity contribution in [2.24, 2.45) is 11.1 Å². The van der Waals surface area contributed by atoms with E-state index in [0.717, 1.165) is 0 Å².